The van der Waals surface area contributed by atoms with Crippen LogP contribution >= 0.6 is 24.4 Å². The lowest BCUT2D eigenvalue weighted by atomic mass is 9.86. The highest BCUT2D eigenvalue weighted by atomic mass is 32.2. The molecule has 20 heavy (non-hydrogen) atoms. The first kappa shape index (κ1) is 20.3. The molecule has 0 saturated heterocycles. The molecule has 2 N–H and O–H groups in total. The molecule has 0 heterocycles. The predicted octanol–water partition coefficient (Wildman–Crippen LogP) is 3.29. The molecule has 0 aliphatic rings. The molecule has 0 aliphatic heterocycles. The van der Waals surface area contributed by atoms with E-state index in [-0.39, 0.29) is 18.3 Å². The van der Waals surface area contributed by atoms with Gasteiger partial charge in [-0.25, -0.2) is 0 Å². The van der Waals surface area contributed by atoms with Crippen LogP contribution < -0.4 is 0 Å². The van der Waals surface area contributed by atoms with Gasteiger partial charge in [0.15, 0.2) is 5.12 Å². The minimum absolute atomic E-state index is 0.0147. The Morgan fingerprint density at radius 1 is 1.00 bits per heavy atom. The van der Waals surface area contributed by atoms with E-state index in [2.05, 4.69) is 12.6 Å². The normalized spacial score (nSPS) is 11.8. The average Bonchev–Trinajstić information content (AvgIpc) is 2.45. The van der Waals surface area contributed by atoms with Gasteiger partial charge in [0.1, 0.15) is 0 Å². The van der Waals surface area contributed by atoms with Crippen LogP contribution in [0.15, 0.2) is 0 Å². The summed E-state index contributed by atoms with van der Waals surface area (Å²) in [6, 6.07) is 0. The summed E-state index contributed by atoms with van der Waals surface area (Å²) >= 11 is 5.64. The molecule has 0 aromatic carbocycles. The van der Waals surface area contributed by atoms with Gasteiger partial charge in [-0.05, 0) is 12.8 Å². The third-order valence-corrected chi connectivity index (χ3v) is 5.23. The van der Waals surface area contributed by atoms with Crippen molar-refractivity contribution in [3.05, 3.63) is 0 Å². The molecular weight excluding hydrogens is 292 g/mol. The molecule has 0 fully saturated rings. The molecule has 0 aromatic rings. The van der Waals surface area contributed by atoms with Crippen LogP contribution in [0.2, 0.25) is 0 Å². The maximum atomic E-state index is 10.7. The molecule has 0 radical (unpaired) electrons. The van der Waals surface area contributed by atoms with Crippen molar-refractivity contribution in [2.24, 2.45) is 5.41 Å². The zero-order chi connectivity index (χ0) is 15.3. The average molecular weight is 323 g/mol. The Labute approximate surface area is 133 Å². The van der Waals surface area contributed by atoms with E-state index < -0.39 is 5.41 Å². The van der Waals surface area contributed by atoms with Crippen LogP contribution in [-0.2, 0) is 4.79 Å². The smallest absolute Gasteiger partial charge is 0.185 e. The summed E-state index contributed by atoms with van der Waals surface area (Å²) in [4.78, 5) is 10.7. The van der Waals surface area contributed by atoms with Crippen molar-refractivity contribution >= 4 is 29.5 Å². The largest absolute Gasteiger partial charge is 0.396 e. The number of carbonyl (C=O) groups excluding carboxylic acids is 1. The van der Waals surface area contributed by atoms with Crippen molar-refractivity contribution in [1.82, 2.24) is 0 Å². The topological polar surface area (TPSA) is 57.5 Å². The highest BCUT2D eigenvalue weighted by Gasteiger charge is 2.26. The van der Waals surface area contributed by atoms with Gasteiger partial charge in [0, 0.05) is 23.8 Å². The number of thiol groups is 1. The van der Waals surface area contributed by atoms with Crippen molar-refractivity contribution in [2.75, 3.05) is 24.7 Å². The summed E-state index contributed by atoms with van der Waals surface area (Å²) in [6.07, 6.45) is 9.04. The van der Waals surface area contributed by atoms with E-state index >= 15 is 0 Å². The Morgan fingerprint density at radius 2 is 1.50 bits per heavy atom. The molecule has 0 amide bonds. The molecule has 3 nitrogen and oxygen atoms in total. The third kappa shape index (κ3) is 10.1. The summed E-state index contributed by atoms with van der Waals surface area (Å²) in [5.74, 6) is 1.49. The molecule has 0 bridgehead atoms. The third-order valence-electron chi connectivity index (χ3n) is 3.66. The number of hydrogen-bond donors (Lipinski definition) is 3. The van der Waals surface area contributed by atoms with Gasteiger partial charge in [-0.2, -0.15) is 12.6 Å². The highest BCUT2D eigenvalue weighted by Crippen LogP contribution is 2.26. The van der Waals surface area contributed by atoms with Crippen LogP contribution in [0.5, 0.6) is 0 Å². The van der Waals surface area contributed by atoms with Crippen LogP contribution in [0.4, 0.5) is 0 Å². The fourth-order valence-electron chi connectivity index (χ4n) is 2.09. The second kappa shape index (κ2) is 13.0. The number of unbranched alkanes of at least 4 members (excludes halogenated alkanes) is 6. The molecule has 0 spiro atoms. The van der Waals surface area contributed by atoms with E-state index in [0.29, 0.717) is 5.75 Å². The Morgan fingerprint density at radius 3 is 1.95 bits per heavy atom. The van der Waals surface area contributed by atoms with Gasteiger partial charge < -0.3 is 10.2 Å². The fourth-order valence-corrected chi connectivity index (χ4v) is 3.08. The molecule has 0 atom stereocenters. The minimum atomic E-state index is -0.396. The Balaban J connectivity index is 3.38. The minimum Gasteiger partial charge on any atom is -0.396 e. The number of hydrogen-bond acceptors (Lipinski definition) is 5. The highest BCUT2D eigenvalue weighted by molar-refractivity contribution is 8.13. The molecule has 0 saturated carbocycles. The molecular formula is C15H30O3S2. The molecule has 0 rings (SSSR count). The van der Waals surface area contributed by atoms with Gasteiger partial charge >= 0.3 is 0 Å². The maximum absolute atomic E-state index is 10.7. The van der Waals surface area contributed by atoms with Crippen molar-refractivity contribution in [3.63, 3.8) is 0 Å². The van der Waals surface area contributed by atoms with Crippen LogP contribution in [0, 0.1) is 5.41 Å². The van der Waals surface area contributed by atoms with Crippen LogP contribution in [-0.4, -0.2) is 40.0 Å². The zero-order valence-corrected chi connectivity index (χ0v) is 14.4. The van der Waals surface area contributed by atoms with Crippen molar-refractivity contribution < 1.29 is 15.0 Å². The molecule has 0 unspecified atom stereocenters. The predicted molar refractivity (Wildman–Crippen MR) is 90.5 cm³/mol. The molecule has 0 aromatic heterocycles. The SMILES string of the molecule is CC(=O)SCCCCCCCCCC(CO)(CO)CS. The van der Waals surface area contributed by atoms with Crippen molar-refractivity contribution in [3.8, 4) is 0 Å². The van der Waals surface area contributed by atoms with Crippen molar-refractivity contribution in [1.29, 1.82) is 0 Å². The first-order valence-corrected chi connectivity index (χ1v) is 9.18. The van der Waals surface area contributed by atoms with Gasteiger partial charge in [-0.3, -0.25) is 4.79 Å². The summed E-state index contributed by atoms with van der Waals surface area (Å²) < 4.78 is 0. The van der Waals surface area contributed by atoms with E-state index in [9.17, 15) is 15.0 Å². The van der Waals surface area contributed by atoms with Crippen molar-refractivity contribution in [2.45, 2.75) is 58.3 Å². The van der Waals surface area contributed by atoms with E-state index in [1.165, 1.54) is 37.4 Å². The van der Waals surface area contributed by atoms with Gasteiger partial charge in [0.25, 0.3) is 0 Å². The van der Waals surface area contributed by atoms with Gasteiger partial charge in [-0.1, -0.05) is 50.3 Å². The number of thioether (sulfide) groups is 1. The van der Waals surface area contributed by atoms with Crippen LogP contribution in [0.1, 0.15) is 58.3 Å². The number of aliphatic hydroxyl groups is 2. The van der Waals surface area contributed by atoms with E-state index in [0.717, 1.165) is 31.4 Å². The second-order valence-electron chi connectivity index (χ2n) is 5.54. The van der Waals surface area contributed by atoms with Crippen LogP contribution in [0.25, 0.3) is 0 Å². The lowest BCUT2D eigenvalue weighted by Crippen LogP contribution is -2.31. The van der Waals surface area contributed by atoms with Gasteiger partial charge in [-0.15, -0.1) is 0 Å². The second-order valence-corrected chi connectivity index (χ2v) is 7.13. The lowest BCUT2D eigenvalue weighted by molar-refractivity contribution is -0.109. The molecule has 0 aliphatic carbocycles. The van der Waals surface area contributed by atoms with E-state index in [1.54, 1.807) is 6.92 Å². The quantitative estimate of drug-likeness (QED) is 0.360. The lowest BCUT2D eigenvalue weighted by Gasteiger charge is -2.27. The summed E-state index contributed by atoms with van der Waals surface area (Å²) in [5.41, 5.74) is -0.396. The number of aliphatic hydroxyl groups excluding tert-OH is 2. The Hall–Kier alpha value is 0.290. The van der Waals surface area contributed by atoms with Gasteiger partial charge in [0.2, 0.25) is 0 Å². The monoisotopic (exact) mass is 322 g/mol. The summed E-state index contributed by atoms with van der Waals surface area (Å²) in [6.45, 7) is 1.65. The van der Waals surface area contributed by atoms with Crippen LogP contribution in [0.3, 0.4) is 0 Å². The Kier molecular flexibility index (Phi) is 13.2. The zero-order valence-electron chi connectivity index (χ0n) is 12.6. The maximum Gasteiger partial charge on any atom is 0.185 e. The summed E-state index contributed by atoms with van der Waals surface area (Å²) in [5, 5.41) is 18.8. The first-order chi connectivity index (χ1) is 9.60. The molecule has 120 valence electrons. The molecule has 5 heteroatoms. The number of carbonyl (C=O) groups is 1. The van der Waals surface area contributed by atoms with E-state index in [1.807, 2.05) is 0 Å². The Bertz CT molecular complexity index is 235. The van der Waals surface area contributed by atoms with E-state index in [4.69, 9.17) is 0 Å². The van der Waals surface area contributed by atoms with Gasteiger partial charge in [0.05, 0.1) is 13.2 Å². The number of rotatable bonds is 13. The standard InChI is InChI=1S/C15H30O3S2/c1-14(18)20-10-8-6-4-2-3-5-7-9-15(11-16,12-17)13-19/h16-17,19H,2-13H2,1H3. The summed E-state index contributed by atoms with van der Waals surface area (Å²) in [7, 11) is 0. The first-order valence-electron chi connectivity index (χ1n) is 7.56. The fraction of sp³-hybridized carbons (Fsp3) is 0.933.